The highest BCUT2D eigenvalue weighted by molar-refractivity contribution is 8.00. The summed E-state index contributed by atoms with van der Waals surface area (Å²) in [7, 11) is 0. The van der Waals surface area contributed by atoms with Crippen molar-refractivity contribution in [3.63, 3.8) is 0 Å². The summed E-state index contributed by atoms with van der Waals surface area (Å²) in [5.41, 5.74) is 2.23. The van der Waals surface area contributed by atoms with E-state index in [9.17, 15) is 0 Å². The van der Waals surface area contributed by atoms with Crippen molar-refractivity contribution in [3.05, 3.63) is 132 Å². The number of hydrogen-bond acceptors (Lipinski definition) is 6. The monoisotopic (exact) mass is 522 g/mol. The molecule has 0 aliphatic carbocycles. The van der Waals surface area contributed by atoms with Gasteiger partial charge >= 0.3 is 0 Å². The lowest BCUT2D eigenvalue weighted by Crippen LogP contribution is -2.14. The molecule has 2 aliphatic heterocycles. The lowest BCUT2D eigenvalue weighted by Gasteiger charge is -2.18. The summed E-state index contributed by atoms with van der Waals surface area (Å²) in [6.07, 6.45) is 0.107. The van der Waals surface area contributed by atoms with Crippen LogP contribution in [-0.2, 0) is 9.47 Å². The maximum atomic E-state index is 6.45. The summed E-state index contributed by atoms with van der Waals surface area (Å²) >= 11 is 3.44. The quantitative estimate of drug-likeness (QED) is 0.235. The summed E-state index contributed by atoms with van der Waals surface area (Å²) in [4.78, 5) is 12.3. The summed E-state index contributed by atoms with van der Waals surface area (Å²) in [6.45, 7) is 0. The summed E-state index contributed by atoms with van der Waals surface area (Å²) in [5, 5.41) is -0.164. The molecule has 4 aromatic rings. The van der Waals surface area contributed by atoms with Gasteiger partial charge in [-0.1, -0.05) is 121 Å². The van der Waals surface area contributed by atoms with Gasteiger partial charge in [-0.05, 0) is 35.4 Å². The Labute approximate surface area is 225 Å². The number of benzene rings is 4. The van der Waals surface area contributed by atoms with Crippen LogP contribution in [-0.4, -0.2) is 22.5 Å². The van der Waals surface area contributed by atoms with Crippen LogP contribution in [0.3, 0.4) is 0 Å². The Morgan fingerprint density at radius 3 is 1.22 bits per heavy atom. The highest BCUT2D eigenvalue weighted by Crippen LogP contribution is 2.42. The highest BCUT2D eigenvalue weighted by atomic mass is 32.2. The van der Waals surface area contributed by atoms with Crippen LogP contribution in [0, 0.1) is 0 Å². The van der Waals surface area contributed by atoms with Crippen molar-refractivity contribution < 1.29 is 9.47 Å². The zero-order valence-electron chi connectivity index (χ0n) is 20.1. The van der Waals surface area contributed by atoms with E-state index in [2.05, 4.69) is 72.8 Å². The average Bonchev–Trinajstić information content (AvgIpc) is 3.54. The largest absolute Gasteiger partial charge is 0.469 e. The van der Waals surface area contributed by atoms with Crippen LogP contribution < -0.4 is 0 Å². The molecule has 0 spiro atoms. The smallest absolute Gasteiger partial charge is 0.194 e. The Morgan fingerprint density at radius 1 is 0.486 bits per heavy atom. The summed E-state index contributed by atoms with van der Waals surface area (Å²) in [5.74, 6) is 1.33. The SMILES string of the molecule is c1ccc(S[C@@H]2N=C(CC3=N[C@@H](Sc4ccccc4)[C@H](c4ccccc4)O3)O[C@H]2c2ccccc2)cc1. The van der Waals surface area contributed by atoms with Crippen molar-refractivity contribution in [2.45, 2.75) is 39.2 Å². The Bertz CT molecular complexity index is 1260. The molecule has 0 fully saturated rings. The number of ether oxygens (including phenoxy) is 2. The first kappa shape index (κ1) is 23.9. The fourth-order valence-electron chi connectivity index (χ4n) is 4.40. The number of hydrogen-bond donors (Lipinski definition) is 0. The molecular formula is C31H26N2O2S2. The van der Waals surface area contributed by atoms with Crippen molar-refractivity contribution in [1.29, 1.82) is 0 Å². The third-order valence-corrected chi connectivity index (χ3v) is 8.42. The molecule has 4 nitrogen and oxygen atoms in total. The Kier molecular flexibility index (Phi) is 7.28. The standard InChI is InChI=1S/C31H26N2O2S2/c1-5-13-22(14-6-1)28-30(36-24-17-9-3-10-18-24)32-26(34-28)21-27-33-31(37-25-19-11-4-12-20-25)29(35-27)23-15-7-2-8-16-23/h1-20,28-31H,21H2/t28-,29-,30-,31-/m0/s1. The van der Waals surface area contributed by atoms with Crippen molar-refractivity contribution in [2.75, 3.05) is 0 Å². The van der Waals surface area contributed by atoms with Gasteiger partial charge in [-0.3, -0.25) is 0 Å². The molecule has 2 heterocycles. The van der Waals surface area contributed by atoms with Gasteiger partial charge in [0.1, 0.15) is 10.7 Å². The number of nitrogens with zero attached hydrogens (tertiary/aromatic N) is 2. The van der Waals surface area contributed by atoms with Crippen LogP contribution in [0.4, 0.5) is 0 Å². The van der Waals surface area contributed by atoms with Crippen molar-refractivity contribution in [2.24, 2.45) is 9.98 Å². The summed E-state index contributed by atoms with van der Waals surface area (Å²) in [6, 6.07) is 41.3. The molecule has 4 aromatic carbocycles. The molecule has 0 N–H and O–H groups in total. The van der Waals surface area contributed by atoms with Gasteiger partial charge in [-0.2, -0.15) is 0 Å². The molecule has 4 atom stereocenters. The van der Waals surface area contributed by atoms with Crippen molar-refractivity contribution in [1.82, 2.24) is 0 Å². The molecule has 6 rings (SSSR count). The molecular weight excluding hydrogens is 496 g/mol. The molecule has 37 heavy (non-hydrogen) atoms. The fraction of sp³-hybridized carbons (Fsp3) is 0.161. The first-order chi connectivity index (χ1) is 18.3. The van der Waals surface area contributed by atoms with Gasteiger partial charge in [0.05, 0.1) is 6.42 Å². The van der Waals surface area contributed by atoms with E-state index in [0.717, 1.165) is 11.1 Å². The van der Waals surface area contributed by atoms with E-state index in [4.69, 9.17) is 19.5 Å². The van der Waals surface area contributed by atoms with Crippen LogP contribution in [0.15, 0.2) is 141 Å². The number of rotatable bonds is 8. The van der Waals surface area contributed by atoms with Gasteiger partial charge < -0.3 is 9.47 Å². The highest BCUT2D eigenvalue weighted by Gasteiger charge is 2.37. The van der Waals surface area contributed by atoms with E-state index in [1.807, 2.05) is 48.5 Å². The Morgan fingerprint density at radius 2 is 0.838 bits per heavy atom. The van der Waals surface area contributed by atoms with Gasteiger partial charge in [0.25, 0.3) is 0 Å². The lowest BCUT2D eigenvalue weighted by molar-refractivity contribution is 0.205. The predicted molar refractivity (Wildman–Crippen MR) is 152 cm³/mol. The van der Waals surface area contributed by atoms with Gasteiger partial charge in [0.15, 0.2) is 24.0 Å². The van der Waals surface area contributed by atoms with E-state index in [1.165, 1.54) is 9.79 Å². The molecule has 0 amide bonds. The van der Waals surface area contributed by atoms with E-state index < -0.39 is 0 Å². The molecule has 0 radical (unpaired) electrons. The van der Waals surface area contributed by atoms with Crippen LogP contribution in [0.5, 0.6) is 0 Å². The Hall–Kier alpha value is -3.48. The first-order valence-corrected chi connectivity index (χ1v) is 14.1. The minimum Gasteiger partial charge on any atom is -0.469 e. The normalized spacial score (nSPS) is 22.6. The van der Waals surface area contributed by atoms with E-state index >= 15 is 0 Å². The zero-order chi connectivity index (χ0) is 24.9. The topological polar surface area (TPSA) is 43.2 Å². The van der Waals surface area contributed by atoms with E-state index in [-0.39, 0.29) is 23.0 Å². The van der Waals surface area contributed by atoms with Gasteiger partial charge in [-0.15, -0.1) is 0 Å². The van der Waals surface area contributed by atoms with E-state index in [1.54, 1.807) is 23.5 Å². The number of aliphatic imine (C=N–C) groups is 2. The second-order valence-electron chi connectivity index (χ2n) is 8.76. The minimum atomic E-state index is -0.164. The van der Waals surface area contributed by atoms with Crippen molar-refractivity contribution in [3.8, 4) is 0 Å². The fourth-order valence-corrected chi connectivity index (χ4v) is 6.60. The van der Waals surface area contributed by atoms with Gasteiger partial charge in [0, 0.05) is 9.79 Å². The first-order valence-electron chi connectivity index (χ1n) is 12.3. The van der Waals surface area contributed by atoms with Crippen LogP contribution in [0.25, 0.3) is 0 Å². The van der Waals surface area contributed by atoms with Crippen LogP contribution in [0.1, 0.15) is 29.8 Å². The van der Waals surface area contributed by atoms with E-state index in [0.29, 0.717) is 18.2 Å². The maximum absolute atomic E-state index is 6.45. The van der Waals surface area contributed by atoms with Gasteiger partial charge in [-0.25, -0.2) is 9.98 Å². The third kappa shape index (κ3) is 5.76. The molecule has 0 unspecified atom stereocenters. The van der Waals surface area contributed by atoms with Crippen LogP contribution in [0.2, 0.25) is 0 Å². The predicted octanol–water partition coefficient (Wildman–Crippen LogP) is 7.95. The molecule has 0 saturated heterocycles. The maximum Gasteiger partial charge on any atom is 0.194 e. The molecule has 0 aromatic heterocycles. The number of thioether (sulfide) groups is 2. The second kappa shape index (κ2) is 11.3. The lowest BCUT2D eigenvalue weighted by atomic mass is 10.1. The molecule has 0 bridgehead atoms. The average molecular weight is 523 g/mol. The Balaban J connectivity index is 1.24. The van der Waals surface area contributed by atoms with Gasteiger partial charge in [0.2, 0.25) is 0 Å². The second-order valence-corrected chi connectivity index (χ2v) is 11.1. The molecule has 6 heteroatoms. The van der Waals surface area contributed by atoms with Crippen LogP contribution >= 0.6 is 23.5 Å². The summed E-state index contributed by atoms with van der Waals surface area (Å²) < 4.78 is 12.9. The third-order valence-electron chi connectivity index (χ3n) is 6.15. The molecule has 0 saturated carbocycles. The van der Waals surface area contributed by atoms with Crippen molar-refractivity contribution >= 4 is 35.3 Å². The zero-order valence-corrected chi connectivity index (χ0v) is 21.7. The molecule has 184 valence electrons. The minimum absolute atomic E-state index is 0.0822. The molecule has 2 aliphatic rings.